The molecule has 0 N–H and O–H groups in total. The number of nitrogens with zero attached hydrogens (tertiary/aromatic N) is 1. The SMILES string of the molecule is [CH2]c1nc(F)c(F)c(F)c1F. The lowest BCUT2D eigenvalue weighted by Gasteiger charge is -1.97. The van der Waals surface area contributed by atoms with Gasteiger partial charge in [-0.2, -0.15) is 8.78 Å². The van der Waals surface area contributed by atoms with Crippen molar-refractivity contribution in [3.8, 4) is 0 Å². The van der Waals surface area contributed by atoms with Crippen molar-refractivity contribution in [2.75, 3.05) is 0 Å². The molecule has 0 aliphatic rings. The molecule has 0 spiro atoms. The van der Waals surface area contributed by atoms with E-state index in [0.29, 0.717) is 0 Å². The van der Waals surface area contributed by atoms with Gasteiger partial charge in [0.1, 0.15) is 0 Å². The second kappa shape index (κ2) is 2.48. The largest absolute Gasteiger partial charge is 0.252 e. The van der Waals surface area contributed by atoms with Gasteiger partial charge < -0.3 is 0 Å². The highest BCUT2D eigenvalue weighted by Crippen LogP contribution is 2.14. The van der Waals surface area contributed by atoms with Crippen LogP contribution in [0.4, 0.5) is 17.6 Å². The van der Waals surface area contributed by atoms with Crippen LogP contribution < -0.4 is 0 Å². The summed E-state index contributed by atoms with van der Waals surface area (Å²) in [6.45, 7) is 2.85. The Balaban J connectivity index is 3.46. The Hall–Kier alpha value is -1.13. The zero-order valence-electron chi connectivity index (χ0n) is 5.17. The molecule has 1 rings (SSSR count). The van der Waals surface area contributed by atoms with Crippen LogP contribution in [0, 0.1) is 30.3 Å². The van der Waals surface area contributed by atoms with E-state index >= 15 is 0 Å². The summed E-state index contributed by atoms with van der Waals surface area (Å²) in [6, 6.07) is 0. The summed E-state index contributed by atoms with van der Waals surface area (Å²) in [4.78, 5) is 2.67. The van der Waals surface area contributed by atoms with Gasteiger partial charge >= 0.3 is 0 Å². The lowest BCUT2D eigenvalue weighted by atomic mass is 10.3. The van der Waals surface area contributed by atoms with Crippen molar-refractivity contribution >= 4 is 0 Å². The molecule has 0 saturated heterocycles. The van der Waals surface area contributed by atoms with Gasteiger partial charge in [-0.15, -0.1) is 0 Å². The second-order valence-electron chi connectivity index (χ2n) is 1.79. The molecule has 0 aliphatic heterocycles. The van der Waals surface area contributed by atoms with Crippen LogP contribution in [0.1, 0.15) is 5.69 Å². The standard InChI is InChI=1S/C6H2F4N/c1-2-3(7)4(8)5(9)6(10)11-2/h1H2. The fourth-order valence-electron chi connectivity index (χ4n) is 0.530. The summed E-state index contributed by atoms with van der Waals surface area (Å²) in [5.74, 6) is -7.06. The first-order valence-electron chi connectivity index (χ1n) is 2.56. The van der Waals surface area contributed by atoms with E-state index in [4.69, 9.17) is 0 Å². The van der Waals surface area contributed by atoms with Crippen molar-refractivity contribution in [1.82, 2.24) is 4.98 Å². The molecule has 1 radical (unpaired) electrons. The molecule has 1 aromatic rings. The average Bonchev–Trinajstić information content (AvgIpc) is 1.97. The van der Waals surface area contributed by atoms with E-state index in [-0.39, 0.29) is 0 Å². The number of hydrogen-bond acceptors (Lipinski definition) is 1. The van der Waals surface area contributed by atoms with Crippen molar-refractivity contribution < 1.29 is 17.6 Å². The number of aromatic nitrogens is 1. The molecule has 0 aliphatic carbocycles. The molecule has 1 aromatic heterocycles. The highest BCUT2D eigenvalue weighted by molar-refractivity contribution is 5.14. The minimum absolute atomic E-state index is 0.749. The Kier molecular flexibility index (Phi) is 1.80. The van der Waals surface area contributed by atoms with E-state index in [9.17, 15) is 17.6 Å². The van der Waals surface area contributed by atoms with Gasteiger partial charge in [0.05, 0.1) is 5.69 Å². The summed E-state index contributed by atoms with van der Waals surface area (Å²) in [5, 5.41) is 0. The van der Waals surface area contributed by atoms with Crippen LogP contribution in [0.5, 0.6) is 0 Å². The van der Waals surface area contributed by atoms with Crippen LogP contribution >= 0.6 is 0 Å². The fraction of sp³-hybridized carbons (Fsp3) is 0. The van der Waals surface area contributed by atoms with Crippen LogP contribution in [0.2, 0.25) is 0 Å². The number of halogens is 4. The van der Waals surface area contributed by atoms with Crippen molar-refractivity contribution in [2.45, 2.75) is 0 Å². The maximum atomic E-state index is 12.3. The second-order valence-corrected chi connectivity index (χ2v) is 1.79. The Labute approximate surface area is 59.7 Å². The minimum Gasteiger partial charge on any atom is -0.219 e. The molecule has 0 bridgehead atoms. The van der Waals surface area contributed by atoms with Gasteiger partial charge in [0.15, 0.2) is 5.82 Å². The average molecular weight is 164 g/mol. The van der Waals surface area contributed by atoms with E-state index in [1.165, 1.54) is 0 Å². The van der Waals surface area contributed by atoms with Crippen LogP contribution in [-0.4, -0.2) is 4.98 Å². The van der Waals surface area contributed by atoms with Gasteiger partial charge in [0.25, 0.3) is 5.95 Å². The quantitative estimate of drug-likeness (QED) is 0.421. The molecule has 1 heterocycles. The third-order valence-electron chi connectivity index (χ3n) is 1.05. The van der Waals surface area contributed by atoms with Gasteiger partial charge in [-0.05, 0) is 6.92 Å². The van der Waals surface area contributed by atoms with Gasteiger partial charge in [-0.1, -0.05) is 0 Å². The van der Waals surface area contributed by atoms with Crippen molar-refractivity contribution in [3.05, 3.63) is 36.0 Å². The predicted octanol–water partition coefficient (Wildman–Crippen LogP) is 1.82. The lowest BCUT2D eigenvalue weighted by Crippen LogP contribution is -2.02. The number of hydrogen-bond donors (Lipinski definition) is 0. The van der Waals surface area contributed by atoms with Crippen molar-refractivity contribution in [1.29, 1.82) is 0 Å². The summed E-state index contributed by atoms with van der Waals surface area (Å²) < 4.78 is 48.6. The third-order valence-corrected chi connectivity index (χ3v) is 1.05. The topological polar surface area (TPSA) is 12.9 Å². The highest BCUT2D eigenvalue weighted by atomic mass is 19.2. The van der Waals surface area contributed by atoms with E-state index < -0.39 is 29.1 Å². The molecule has 0 saturated carbocycles. The predicted molar refractivity (Wildman–Crippen MR) is 28.5 cm³/mol. The first-order valence-corrected chi connectivity index (χ1v) is 2.56. The van der Waals surface area contributed by atoms with Crippen molar-refractivity contribution in [3.63, 3.8) is 0 Å². The minimum atomic E-state index is -1.92. The molecule has 1 nitrogen and oxygen atoms in total. The Bertz CT molecular complexity index is 271. The monoisotopic (exact) mass is 164 g/mol. The molecular formula is C6H2F4N. The van der Waals surface area contributed by atoms with E-state index in [1.54, 1.807) is 0 Å². The summed E-state index contributed by atoms with van der Waals surface area (Å²) in [5.41, 5.74) is -0.749. The molecule has 0 fully saturated rings. The molecule has 0 amide bonds. The van der Waals surface area contributed by atoms with Crippen LogP contribution in [0.15, 0.2) is 0 Å². The van der Waals surface area contributed by atoms with Gasteiger partial charge in [0.2, 0.25) is 11.6 Å². The van der Waals surface area contributed by atoms with Crippen molar-refractivity contribution in [2.24, 2.45) is 0 Å². The summed E-state index contributed by atoms with van der Waals surface area (Å²) in [6.07, 6.45) is 0. The highest BCUT2D eigenvalue weighted by Gasteiger charge is 2.17. The smallest absolute Gasteiger partial charge is 0.219 e. The third kappa shape index (κ3) is 1.18. The molecule has 0 unspecified atom stereocenters. The molecular weight excluding hydrogens is 162 g/mol. The Morgan fingerprint density at radius 3 is 2.00 bits per heavy atom. The maximum Gasteiger partial charge on any atom is 0.252 e. The van der Waals surface area contributed by atoms with Crippen LogP contribution in [-0.2, 0) is 0 Å². The molecule has 5 heteroatoms. The number of rotatable bonds is 0. The van der Waals surface area contributed by atoms with E-state index in [0.717, 1.165) is 0 Å². The van der Waals surface area contributed by atoms with E-state index in [2.05, 4.69) is 11.9 Å². The van der Waals surface area contributed by atoms with Crippen LogP contribution in [0.3, 0.4) is 0 Å². The van der Waals surface area contributed by atoms with Gasteiger partial charge in [-0.25, -0.2) is 13.8 Å². The first kappa shape index (κ1) is 7.97. The molecule has 59 valence electrons. The molecule has 0 atom stereocenters. The summed E-state index contributed by atoms with van der Waals surface area (Å²) >= 11 is 0. The zero-order valence-corrected chi connectivity index (χ0v) is 5.17. The van der Waals surface area contributed by atoms with Crippen LogP contribution in [0.25, 0.3) is 0 Å². The Morgan fingerprint density at radius 2 is 1.45 bits per heavy atom. The van der Waals surface area contributed by atoms with Gasteiger partial charge in [0, 0.05) is 0 Å². The fourth-order valence-corrected chi connectivity index (χ4v) is 0.530. The Morgan fingerprint density at radius 1 is 0.909 bits per heavy atom. The summed E-state index contributed by atoms with van der Waals surface area (Å²) in [7, 11) is 0. The number of pyridine rings is 1. The van der Waals surface area contributed by atoms with E-state index in [1.807, 2.05) is 0 Å². The molecule has 0 aromatic carbocycles. The molecule has 11 heavy (non-hydrogen) atoms. The zero-order chi connectivity index (χ0) is 8.59. The first-order chi connectivity index (χ1) is 5.04. The normalized spacial score (nSPS) is 10.3. The lowest BCUT2D eigenvalue weighted by molar-refractivity contribution is 0.388. The van der Waals surface area contributed by atoms with Gasteiger partial charge in [-0.3, -0.25) is 0 Å². The maximum absolute atomic E-state index is 12.3.